The van der Waals surface area contributed by atoms with Crippen LogP contribution in [0.15, 0.2) is 24.3 Å². The Labute approximate surface area is 81.9 Å². The Morgan fingerprint density at radius 2 is 1.67 bits per heavy atom. The Kier molecular flexibility index (Phi) is 3.46. The summed E-state index contributed by atoms with van der Waals surface area (Å²) in [5.41, 5.74) is 7.94. The summed E-state index contributed by atoms with van der Waals surface area (Å²) in [5.74, 6) is 0. The van der Waals surface area contributed by atoms with Crippen LogP contribution in [0.5, 0.6) is 0 Å². The summed E-state index contributed by atoms with van der Waals surface area (Å²) in [4.78, 5) is 4.84. The molecule has 0 radical (unpaired) electrons. The Morgan fingerprint density at radius 3 is 2.08 bits per heavy atom. The molecule has 0 aromatic heterocycles. The molecule has 1 aromatic rings. The van der Waals surface area contributed by atoms with Crippen LogP contribution in [0.1, 0.15) is 16.4 Å². The van der Waals surface area contributed by atoms with Crippen LogP contribution in [0.2, 0.25) is 9.74 Å². The predicted octanol–water partition coefficient (Wildman–Crippen LogP) is 2.67. The SMILES string of the molecule is C[CH](c1ccc(N)cc1)[Sb]([CH3])[CH3]. The predicted molar refractivity (Wildman–Crippen MR) is 56.8 cm³/mol. The average molecular weight is 272 g/mol. The van der Waals surface area contributed by atoms with Crippen molar-refractivity contribution in [2.75, 3.05) is 5.73 Å². The standard InChI is InChI=1S/C8H10N.2CH3.Sb/c1-2-7-3-5-8(9)6-4-7;;;/h2-6H,9H2,1H3;2*1H3;. The van der Waals surface area contributed by atoms with E-state index in [9.17, 15) is 0 Å². The van der Waals surface area contributed by atoms with Crippen molar-refractivity contribution in [2.45, 2.75) is 20.5 Å². The van der Waals surface area contributed by atoms with Crippen LogP contribution in [0.3, 0.4) is 0 Å². The normalized spacial score (nSPS) is 13.3. The van der Waals surface area contributed by atoms with Gasteiger partial charge in [-0.2, -0.15) is 0 Å². The van der Waals surface area contributed by atoms with E-state index in [4.69, 9.17) is 5.73 Å². The molecule has 1 unspecified atom stereocenters. The summed E-state index contributed by atoms with van der Waals surface area (Å²) < 4.78 is 0.800. The molecule has 0 saturated heterocycles. The van der Waals surface area contributed by atoms with Gasteiger partial charge in [0.1, 0.15) is 0 Å². The zero-order chi connectivity index (χ0) is 9.14. The van der Waals surface area contributed by atoms with Crippen molar-refractivity contribution in [2.24, 2.45) is 0 Å². The van der Waals surface area contributed by atoms with E-state index in [1.54, 1.807) is 0 Å². The van der Waals surface area contributed by atoms with Crippen molar-refractivity contribution in [3.63, 3.8) is 0 Å². The van der Waals surface area contributed by atoms with E-state index in [1.165, 1.54) is 5.56 Å². The molecular formula is C10H16NSb. The second-order valence-electron chi connectivity index (χ2n) is 3.31. The first-order valence-electron chi connectivity index (χ1n) is 4.13. The first kappa shape index (κ1) is 9.92. The topological polar surface area (TPSA) is 26.0 Å². The van der Waals surface area contributed by atoms with Crippen LogP contribution in [0.4, 0.5) is 5.69 Å². The molecule has 1 aromatic carbocycles. The Bertz CT molecular complexity index is 241. The van der Waals surface area contributed by atoms with Crippen LogP contribution < -0.4 is 5.73 Å². The molecule has 0 saturated carbocycles. The van der Waals surface area contributed by atoms with Crippen molar-refractivity contribution < 1.29 is 0 Å². The van der Waals surface area contributed by atoms with Gasteiger partial charge in [-0.3, -0.25) is 0 Å². The molecule has 66 valence electrons. The third kappa shape index (κ3) is 2.42. The number of benzene rings is 1. The van der Waals surface area contributed by atoms with Crippen LogP contribution in [-0.2, 0) is 0 Å². The number of hydrogen-bond donors (Lipinski definition) is 1. The quantitative estimate of drug-likeness (QED) is 0.650. The molecule has 0 heterocycles. The maximum atomic E-state index is 5.62. The molecule has 2 heteroatoms. The van der Waals surface area contributed by atoms with Crippen molar-refractivity contribution in [3.8, 4) is 0 Å². The molecule has 1 rings (SSSR count). The van der Waals surface area contributed by atoms with Gasteiger partial charge in [0.2, 0.25) is 0 Å². The van der Waals surface area contributed by atoms with Gasteiger partial charge in [-0.25, -0.2) is 0 Å². The molecule has 1 nitrogen and oxygen atoms in total. The van der Waals surface area contributed by atoms with Gasteiger partial charge >= 0.3 is 82.0 Å². The number of nitrogen functional groups attached to an aromatic ring is 1. The van der Waals surface area contributed by atoms with E-state index >= 15 is 0 Å². The van der Waals surface area contributed by atoms with Gasteiger partial charge in [0, 0.05) is 0 Å². The first-order chi connectivity index (χ1) is 5.61. The van der Waals surface area contributed by atoms with Gasteiger partial charge in [0.05, 0.1) is 0 Å². The molecule has 0 bridgehead atoms. The van der Waals surface area contributed by atoms with Crippen molar-refractivity contribution in [1.82, 2.24) is 0 Å². The van der Waals surface area contributed by atoms with E-state index in [-0.39, 0.29) is 0 Å². The van der Waals surface area contributed by atoms with Crippen LogP contribution in [0.25, 0.3) is 0 Å². The zero-order valence-electron chi connectivity index (χ0n) is 7.91. The third-order valence-corrected chi connectivity index (χ3v) is 7.47. The molecule has 0 aliphatic carbocycles. The Morgan fingerprint density at radius 1 is 1.17 bits per heavy atom. The summed E-state index contributed by atoms with van der Waals surface area (Å²) >= 11 is -0.943. The van der Waals surface area contributed by atoms with E-state index in [0.29, 0.717) is 0 Å². The second kappa shape index (κ2) is 4.18. The summed E-state index contributed by atoms with van der Waals surface area (Å²) in [7, 11) is 0. The summed E-state index contributed by atoms with van der Waals surface area (Å²) in [5, 5.41) is 0. The Balaban J connectivity index is 2.82. The minimum atomic E-state index is -0.943. The van der Waals surface area contributed by atoms with Crippen LogP contribution in [0, 0.1) is 0 Å². The van der Waals surface area contributed by atoms with Crippen LogP contribution >= 0.6 is 0 Å². The van der Waals surface area contributed by atoms with E-state index in [0.717, 1.165) is 9.55 Å². The molecule has 0 aliphatic rings. The summed E-state index contributed by atoms with van der Waals surface area (Å²) in [6.07, 6.45) is 0. The molecule has 0 fully saturated rings. The number of hydrogen-bond acceptors (Lipinski definition) is 1. The third-order valence-electron chi connectivity index (χ3n) is 2.19. The van der Waals surface area contributed by atoms with Crippen LogP contribution in [-0.4, -0.2) is 20.2 Å². The van der Waals surface area contributed by atoms with Crippen molar-refractivity contribution >= 4 is 25.9 Å². The average Bonchev–Trinajstić information content (AvgIpc) is 2.04. The fourth-order valence-corrected chi connectivity index (χ4v) is 3.27. The van der Waals surface area contributed by atoms with Gasteiger partial charge < -0.3 is 0 Å². The first-order valence-corrected chi connectivity index (χ1v) is 10.7. The van der Waals surface area contributed by atoms with E-state index in [1.807, 2.05) is 12.1 Å². The maximum absolute atomic E-state index is 5.62. The van der Waals surface area contributed by atoms with Gasteiger partial charge in [-0.05, 0) is 0 Å². The molecular weight excluding hydrogens is 256 g/mol. The van der Waals surface area contributed by atoms with Gasteiger partial charge in [0.25, 0.3) is 0 Å². The summed E-state index contributed by atoms with van der Waals surface area (Å²) in [6, 6.07) is 8.31. The number of rotatable bonds is 2. The van der Waals surface area contributed by atoms with Gasteiger partial charge in [-0.15, -0.1) is 0 Å². The number of anilines is 1. The van der Waals surface area contributed by atoms with Gasteiger partial charge in [0.15, 0.2) is 0 Å². The molecule has 1 atom stereocenters. The molecule has 12 heavy (non-hydrogen) atoms. The fourth-order valence-electron chi connectivity index (χ4n) is 1.07. The molecule has 0 spiro atoms. The van der Waals surface area contributed by atoms with Gasteiger partial charge in [-0.1, -0.05) is 0 Å². The molecule has 2 N–H and O–H groups in total. The Hall–Kier alpha value is -0.162. The minimum absolute atomic E-state index is 0.800. The van der Waals surface area contributed by atoms with E-state index < -0.39 is 20.2 Å². The number of nitrogens with two attached hydrogens (primary N) is 1. The van der Waals surface area contributed by atoms with Crippen molar-refractivity contribution in [3.05, 3.63) is 29.8 Å². The zero-order valence-corrected chi connectivity index (χ0v) is 10.5. The van der Waals surface area contributed by atoms with E-state index in [2.05, 4.69) is 28.8 Å². The summed E-state index contributed by atoms with van der Waals surface area (Å²) in [6.45, 7) is 2.33. The molecule has 0 amide bonds. The fraction of sp³-hybridized carbons (Fsp3) is 0.400. The second-order valence-corrected chi connectivity index (χ2v) is 11.0. The monoisotopic (exact) mass is 271 g/mol. The van der Waals surface area contributed by atoms with Crippen molar-refractivity contribution in [1.29, 1.82) is 0 Å². The molecule has 0 aliphatic heterocycles.